The first-order valence-corrected chi connectivity index (χ1v) is 9.69. The SMILES string of the molecule is CCN(CC(=O)NCc1ccc(F)cc1)C(=O)CCC(=O)c1cc(C)ccc1C. The van der Waals surface area contributed by atoms with Crippen molar-refractivity contribution in [3.8, 4) is 0 Å². The number of carbonyl (C=O) groups excluding carboxylic acids is 3. The van der Waals surface area contributed by atoms with Crippen molar-refractivity contribution in [1.82, 2.24) is 10.2 Å². The zero-order chi connectivity index (χ0) is 21.4. The number of hydrogen-bond donors (Lipinski definition) is 1. The van der Waals surface area contributed by atoms with Crippen molar-refractivity contribution >= 4 is 17.6 Å². The van der Waals surface area contributed by atoms with Gasteiger partial charge in [-0.3, -0.25) is 14.4 Å². The first-order chi connectivity index (χ1) is 13.8. The normalized spacial score (nSPS) is 10.5. The number of rotatable bonds is 9. The number of amides is 2. The third-order valence-corrected chi connectivity index (χ3v) is 4.73. The Balaban J connectivity index is 1.84. The van der Waals surface area contributed by atoms with Gasteiger partial charge in [0.1, 0.15) is 5.82 Å². The molecule has 154 valence electrons. The van der Waals surface area contributed by atoms with Crippen LogP contribution in [-0.4, -0.2) is 35.6 Å². The van der Waals surface area contributed by atoms with Gasteiger partial charge in [0.25, 0.3) is 0 Å². The van der Waals surface area contributed by atoms with Crippen molar-refractivity contribution < 1.29 is 18.8 Å². The molecule has 2 aromatic carbocycles. The smallest absolute Gasteiger partial charge is 0.239 e. The Morgan fingerprint density at radius 3 is 2.34 bits per heavy atom. The van der Waals surface area contributed by atoms with Crippen LogP contribution in [0.2, 0.25) is 0 Å². The molecule has 0 aliphatic carbocycles. The van der Waals surface area contributed by atoms with E-state index in [0.717, 1.165) is 16.7 Å². The number of aryl methyl sites for hydroxylation is 2. The quantitative estimate of drug-likeness (QED) is 0.657. The Bertz CT molecular complexity index is 878. The van der Waals surface area contributed by atoms with Gasteiger partial charge in [-0.2, -0.15) is 0 Å². The first kappa shape index (κ1) is 22.3. The van der Waals surface area contributed by atoms with Gasteiger partial charge in [0.15, 0.2) is 5.78 Å². The minimum Gasteiger partial charge on any atom is -0.350 e. The van der Waals surface area contributed by atoms with Gasteiger partial charge in [-0.05, 0) is 50.1 Å². The van der Waals surface area contributed by atoms with E-state index in [-0.39, 0.29) is 49.3 Å². The van der Waals surface area contributed by atoms with Crippen LogP contribution in [0.4, 0.5) is 4.39 Å². The minimum absolute atomic E-state index is 0.0608. The molecule has 5 nitrogen and oxygen atoms in total. The number of likely N-dealkylation sites (N-methyl/N-ethyl adjacent to an activating group) is 1. The van der Waals surface area contributed by atoms with Crippen molar-refractivity contribution in [1.29, 1.82) is 0 Å². The third kappa shape index (κ3) is 6.82. The average molecular weight is 398 g/mol. The molecular formula is C23H27FN2O3. The summed E-state index contributed by atoms with van der Waals surface area (Å²) in [5.74, 6) is -0.942. The fourth-order valence-corrected chi connectivity index (χ4v) is 2.96. The summed E-state index contributed by atoms with van der Waals surface area (Å²) < 4.78 is 12.9. The molecule has 0 unspecified atom stereocenters. The predicted octanol–water partition coefficient (Wildman–Crippen LogP) is 3.57. The summed E-state index contributed by atoms with van der Waals surface area (Å²) in [7, 11) is 0. The Kier molecular flexibility index (Phi) is 8.07. The summed E-state index contributed by atoms with van der Waals surface area (Å²) >= 11 is 0. The van der Waals surface area contributed by atoms with E-state index in [1.54, 1.807) is 19.1 Å². The van der Waals surface area contributed by atoms with Gasteiger partial charge in [-0.15, -0.1) is 0 Å². The number of ketones is 1. The summed E-state index contributed by atoms with van der Waals surface area (Å²) in [5.41, 5.74) is 3.30. The molecule has 0 heterocycles. The molecule has 0 atom stereocenters. The van der Waals surface area contributed by atoms with E-state index in [0.29, 0.717) is 12.1 Å². The van der Waals surface area contributed by atoms with E-state index in [9.17, 15) is 18.8 Å². The molecule has 6 heteroatoms. The molecule has 0 fully saturated rings. The molecule has 0 bridgehead atoms. The minimum atomic E-state index is -0.335. The van der Waals surface area contributed by atoms with E-state index in [2.05, 4.69) is 5.32 Å². The molecule has 0 saturated heterocycles. The Morgan fingerprint density at radius 1 is 1.00 bits per heavy atom. The number of carbonyl (C=O) groups is 3. The van der Waals surface area contributed by atoms with Gasteiger partial charge in [-0.1, -0.05) is 29.8 Å². The van der Waals surface area contributed by atoms with Crippen LogP contribution in [0.3, 0.4) is 0 Å². The summed E-state index contributed by atoms with van der Waals surface area (Å²) in [5, 5.41) is 2.72. The molecular weight excluding hydrogens is 371 g/mol. The van der Waals surface area contributed by atoms with E-state index >= 15 is 0 Å². The van der Waals surface area contributed by atoms with Crippen molar-refractivity contribution in [2.24, 2.45) is 0 Å². The maximum Gasteiger partial charge on any atom is 0.239 e. The highest BCUT2D eigenvalue weighted by Crippen LogP contribution is 2.14. The van der Waals surface area contributed by atoms with Gasteiger partial charge in [0.05, 0.1) is 6.54 Å². The van der Waals surface area contributed by atoms with Crippen LogP contribution >= 0.6 is 0 Å². The molecule has 0 aromatic heterocycles. The van der Waals surface area contributed by atoms with Crippen LogP contribution in [0.5, 0.6) is 0 Å². The van der Waals surface area contributed by atoms with Crippen molar-refractivity contribution in [3.63, 3.8) is 0 Å². The largest absolute Gasteiger partial charge is 0.350 e. The zero-order valence-electron chi connectivity index (χ0n) is 17.1. The van der Waals surface area contributed by atoms with E-state index in [1.165, 1.54) is 17.0 Å². The van der Waals surface area contributed by atoms with Gasteiger partial charge in [0, 0.05) is 31.5 Å². The van der Waals surface area contributed by atoms with E-state index < -0.39 is 0 Å². The second-order valence-electron chi connectivity index (χ2n) is 7.05. The lowest BCUT2D eigenvalue weighted by molar-refractivity contribution is -0.135. The van der Waals surface area contributed by atoms with Gasteiger partial charge in [0.2, 0.25) is 11.8 Å². The van der Waals surface area contributed by atoms with E-state index in [4.69, 9.17) is 0 Å². The number of Topliss-reactive ketones (excluding diaryl/α,β-unsaturated/α-hetero) is 1. The summed E-state index contributed by atoms with van der Waals surface area (Å²) in [6.07, 6.45) is 0.169. The third-order valence-electron chi connectivity index (χ3n) is 4.73. The fraction of sp³-hybridized carbons (Fsp3) is 0.348. The molecule has 2 rings (SSSR count). The predicted molar refractivity (Wildman–Crippen MR) is 110 cm³/mol. The molecule has 0 spiro atoms. The lowest BCUT2D eigenvalue weighted by atomic mass is 9.99. The number of hydrogen-bond acceptors (Lipinski definition) is 3. The molecule has 2 aromatic rings. The number of nitrogens with one attached hydrogen (secondary N) is 1. The average Bonchev–Trinajstić information content (AvgIpc) is 2.71. The lowest BCUT2D eigenvalue weighted by Crippen LogP contribution is -2.40. The Morgan fingerprint density at radius 2 is 1.69 bits per heavy atom. The fourth-order valence-electron chi connectivity index (χ4n) is 2.96. The highest BCUT2D eigenvalue weighted by atomic mass is 19.1. The summed E-state index contributed by atoms with van der Waals surface area (Å²) in [6, 6.07) is 11.5. The molecule has 0 saturated carbocycles. The van der Waals surface area contributed by atoms with Crippen LogP contribution < -0.4 is 5.32 Å². The first-order valence-electron chi connectivity index (χ1n) is 9.69. The molecule has 29 heavy (non-hydrogen) atoms. The molecule has 0 radical (unpaired) electrons. The lowest BCUT2D eigenvalue weighted by Gasteiger charge is -2.20. The van der Waals surface area contributed by atoms with Gasteiger partial charge >= 0.3 is 0 Å². The highest BCUT2D eigenvalue weighted by Gasteiger charge is 2.18. The second-order valence-corrected chi connectivity index (χ2v) is 7.05. The Hall–Kier alpha value is -3.02. The molecule has 0 aliphatic heterocycles. The van der Waals surface area contributed by atoms with Gasteiger partial charge in [-0.25, -0.2) is 4.39 Å². The van der Waals surface area contributed by atoms with Crippen LogP contribution in [-0.2, 0) is 16.1 Å². The maximum atomic E-state index is 12.9. The van der Waals surface area contributed by atoms with Crippen molar-refractivity contribution in [2.45, 2.75) is 40.2 Å². The topological polar surface area (TPSA) is 66.5 Å². The van der Waals surface area contributed by atoms with Gasteiger partial charge < -0.3 is 10.2 Å². The molecule has 1 N–H and O–H groups in total. The molecule has 2 amide bonds. The van der Waals surface area contributed by atoms with Crippen LogP contribution in [0.15, 0.2) is 42.5 Å². The number of benzene rings is 2. The number of halogens is 1. The van der Waals surface area contributed by atoms with Crippen molar-refractivity contribution in [3.05, 3.63) is 70.5 Å². The number of nitrogens with zero attached hydrogens (tertiary/aromatic N) is 1. The van der Waals surface area contributed by atoms with Crippen LogP contribution in [0, 0.1) is 19.7 Å². The van der Waals surface area contributed by atoms with E-state index in [1.807, 2.05) is 32.0 Å². The van der Waals surface area contributed by atoms with Crippen LogP contribution in [0.25, 0.3) is 0 Å². The standard InChI is InChI=1S/C23H27FN2O3/c1-4-26(15-22(28)25-14-18-7-9-19(24)10-8-18)23(29)12-11-21(27)20-13-16(2)5-6-17(20)3/h5-10,13H,4,11-12,14-15H2,1-3H3,(H,25,28). The molecule has 0 aliphatic rings. The summed E-state index contributed by atoms with van der Waals surface area (Å²) in [4.78, 5) is 38.5. The second kappa shape index (κ2) is 10.5. The van der Waals surface area contributed by atoms with Crippen LogP contribution in [0.1, 0.15) is 46.8 Å². The summed E-state index contributed by atoms with van der Waals surface area (Å²) in [6.45, 7) is 6.14. The zero-order valence-corrected chi connectivity index (χ0v) is 17.1. The Labute approximate surface area is 170 Å². The van der Waals surface area contributed by atoms with Crippen molar-refractivity contribution in [2.75, 3.05) is 13.1 Å². The maximum absolute atomic E-state index is 12.9. The highest BCUT2D eigenvalue weighted by molar-refractivity contribution is 5.99. The monoisotopic (exact) mass is 398 g/mol.